The second kappa shape index (κ2) is 9.85. The maximum Gasteiger partial charge on any atom is 0.330 e. The number of benzene rings is 2. The Balaban J connectivity index is 2.14. The van der Waals surface area contributed by atoms with E-state index in [1.165, 1.54) is 21.6 Å². The first-order chi connectivity index (χ1) is 14.8. The highest BCUT2D eigenvalue weighted by molar-refractivity contribution is 6.36. The largest absolute Gasteiger partial charge is 0.383 e. The van der Waals surface area contributed by atoms with Gasteiger partial charge in [0.05, 0.1) is 17.1 Å². The number of hydrogen-bond donors (Lipinski definition) is 2. The number of nitrogens with one attached hydrogen (secondary N) is 1. The Hall–Kier alpha value is -3.03. The van der Waals surface area contributed by atoms with Gasteiger partial charge in [-0.1, -0.05) is 66.9 Å². The lowest BCUT2D eigenvalue weighted by atomic mass is 10.1. The summed E-state index contributed by atoms with van der Waals surface area (Å²) >= 11 is 12.3. The van der Waals surface area contributed by atoms with Crippen LogP contribution < -0.4 is 21.9 Å². The third-order valence-electron chi connectivity index (χ3n) is 4.81. The molecule has 0 bridgehead atoms. The monoisotopic (exact) mass is 460 g/mol. The van der Waals surface area contributed by atoms with E-state index in [2.05, 4.69) is 4.98 Å². The second-order valence-corrected chi connectivity index (χ2v) is 7.84. The zero-order chi connectivity index (χ0) is 22.5. The van der Waals surface area contributed by atoms with Crippen molar-refractivity contribution >= 4 is 40.6 Å². The van der Waals surface area contributed by atoms with Crippen LogP contribution in [0.15, 0.2) is 58.1 Å². The Morgan fingerprint density at radius 1 is 1.13 bits per heavy atom. The SMILES string of the molecule is CCCCN(C(=O)c1cc(Cl)ccc1Cl)c1c(N)n(Cc2ccccc2)c(=O)[nH]c1=O. The third kappa shape index (κ3) is 5.00. The number of nitrogens with zero attached hydrogens (tertiary/aromatic N) is 2. The van der Waals surface area contributed by atoms with E-state index in [9.17, 15) is 14.4 Å². The Morgan fingerprint density at radius 2 is 1.84 bits per heavy atom. The van der Waals surface area contributed by atoms with E-state index >= 15 is 0 Å². The molecule has 3 rings (SSSR count). The number of halogens is 2. The van der Waals surface area contributed by atoms with Crippen molar-refractivity contribution < 1.29 is 4.79 Å². The van der Waals surface area contributed by atoms with E-state index in [1.54, 1.807) is 6.07 Å². The fraction of sp³-hybridized carbons (Fsp3) is 0.227. The van der Waals surface area contributed by atoms with E-state index < -0.39 is 17.2 Å². The molecule has 3 aromatic rings. The molecule has 0 spiro atoms. The smallest absolute Gasteiger partial charge is 0.330 e. The van der Waals surface area contributed by atoms with Gasteiger partial charge in [-0.3, -0.25) is 19.1 Å². The number of aromatic amines is 1. The van der Waals surface area contributed by atoms with E-state index in [0.29, 0.717) is 11.4 Å². The zero-order valence-corrected chi connectivity index (χ0v) is 18.4. The van der Waals surface area contributed by atoms with Gasteiger partial charge in [0.1, 0.15) is 5.82 Å². The number of carbonyl (C=O) groups is 1. The summed E-state index contributed by atoms with van der Waals surface area (Å²) in [7, 11) is 0. The first-order valence-electron chi connectivity index (χ1n) is 9.77. The van der Waals surface area contributed by atoms with Crippen LogP contribution >= 0.6 is 23.2 Å². The van der Waals surface area contributed by atoms with E-state index in [4.69, 9.17) is 28.9 Å². The summed E-state index contributed by atoms with van der Waals surface area (Å²) in [4.78, 5) is 42.1. The van der Waals surface area contributed by atoms with Gasteiger partial charge >= 0.3 is 5.69 Å². The Kier molecular flexibility index (Phi) is 7.20. The first kappa shape index (κ1) is 22.7. The molecular formula is C22H22Cl2N4O3. The quantitative estimate of drug-likeness (QED) is 0.557. The van der Waals surface area contributed by atoms with Gasteiger partial charge in [0, 0.05) is 11.6 Å². The number of H-pyrrole nitrogens is 1. The molecule has 1 heterocycles. The van der Waals surface area contributed by atoms with Gasteiger partial charge < -0.3 is 10.6 Å². The average molecular weight is 461 g/mol. The standard InChI is InChI=1S/C22H22Cl2N4O3/c1-2-3-11-27(21(30)16-12-15(23)9-10-17(16)24)18-19(25)28(22(31)26-20(18)29)13-14-7-5-4-6-8-14/h4-10,12H,2-3,11,13,25H2,1H3,(H,26,29,31). The van der Waals surface area contributed by atoms with Crippen LogP contribution in [0.1, 0.15) is 35.7 Å². The van der Waals surface area contributed by atoms with Crippen molar-refractivity contribution in [2.24, 2.45) is 0 Å². The van der Waals surface area contributed by atoms with Crippen molar-refractivity contribution in [3.8, 4) is 0 Å². The van der Waals surface area contributed by atoms with E-state index in [0.717, 1.165) is 12.0 Å². The molecule has 3 N–H and O–H groups in total. The number of anilines is 2. The number of aromatic nitrogens is 2. The highest BCUT2D eigenvalue weighted by atomic mass is 35.5. The van der Waals surface area contributed by atoms with Gasteiger partial charge in [-0.25, -0.2) is 4.79 Å². The van der Waals surface area contributed by atoms with Crippen molar-refractivity contribution in [2.45, 2.75) is 26.3 Å². The molecule has 0 aliphatic rings. The molecule has 0 atom stereocenters. The molecule has 0 aliphatic carbocycles. The van der Waals surface area contributed by atoms with Gasteiger partial charge in [0.2, 0.25) is 0 Å². The molecule has 1 aromatic heterocycles. The summed E-state index contributed by atoms with van der Waals surface area (Å²) in [5.41, 5.74) is 5.75. The topological polar surface area (TPSA) is 101 Å². The molecule has 162 valence electrons. The van der Waals surface area contributed by atoms with Crippen LogP contribution in [0.3, 0.4) is 0 Å². The van der Waals surface area contributed by atoms with Crippen molar-refractivity contribution in [1.82, 2.24) is 9.55 Å². The van der Waals surface area contributed by atoms with Crippen LogP contribution in [0, 0.1) is 0 Å². The molecule has 0 saturated heterocycles. The summed E-state index contributed by atoms with van der Waals surface area (Å²) in [5.74, 6) is -0.622. The summed E-state index contributed by atoms with van der Waals surface area (Å²) in [6.45, 7) is 2.32. The summed E-state index contributed by atoms with van der Waals surface area (Å²) in [5, 5.41) is 0.530. The number of nitrogen functional groups attached to an aromatic ring is 1. The molecule has 0 radical (unpaired) electrons. The Labute approximate surface area is 189 Å². The summed E-state index contributed by atoms with van der Waals surface area (Å²) in [6.07, 6.45) is 1.38. The predicted molar refractivity (Wildman–Crippen MR) is 124 cm³/mol. The molecule has 2 aromatic carbocycles. The lowest BCUT2D eigenvalue weighted by molar-refractivity contribution is 0.0986. The van der Waals surface area contributed by atoms with Crippen molar-refractivity contribution in [3.63, 3.8) is 0 Å². The zero-order valence-electron chi connectivity index (χ0n) is 16.9. The minimum Gasteiger partial charge on any atom is -0.383 e. The van der Waals surface area contributed by atoms with Crippen LogP contribution in [0.25, 0.3) is 0 Å². The highest BCUT2D eigenvalue weighted by Gasteiger charge is 2.26. The fourth-order valence-corrected chi connectivity index (χ4v) is 3.57. The van der Waals surface area contributed by atoms with Crippen molar-refractivity contribution in [2.75, 3.05) is 17.2 Å². The van der Waals surface area contributed by atoms with Crippen LogP contribution in [-0.4, -0.2) is 22.0 Å². The van der Waals surface area contributed by atoms with Gasteiger partial charge in [0.25, 0.3) is 11.5 Å². The summed E-state index contributed by atoms with van der Waals surface area (Å²) in [6, 6.07) is 13.7. The number of amides is 1. The minimum atomic E-state index is -0.741. The number of rotatable bonds is 7. The van der Waals surface area contributed by atoms with Crippen LogP contribution in [0.2, 0.25) is 10.0 Å². The van der Waals surface area contributed by atoms with Gasteiger partial charge in [-0.15, -0.1) is 0 Å². The van der Waals surface area contributed by atoms with Crippen molar-refractivity contribution in [1.29, 1.82) is 0 Å². The number of unbranched alkanes of at least 4 members (excludes halogenated alkanes) is 1. The Morgan fingerprint density at radius 3 is 2.52 bits per heavy atom. The molecule has 0 aliphatic heterocycles. The van der Waals surface area contributed by atoms with Gasteiger partial charge in [-0.05, 0) is 30.2 Å². The highest BCUT2D eigenvalue weighted by Crippen LogP contribution is 2.26. The normalized spacial score (nSPS) is 10.8. The lowest BCUT2D eigenvalue weighted by Crippen LogP contribution is -2.41. The third-order valence-corrected chi connectivity index (χ3v) is 5.37. The van der Waals surface area contributed by atoms with Gasteiger partial charge in [-0.2, -0.15) is 0 Å². The number of carbonyl (C=O) groups excluding carboxylic acids is 1. The molecule has 1 amide bonds. The predicted octanol–water partition coefficient (Wildman–Crippen LogP) is 3.92. The lowest BCUT2D eigenvalue weighted by Gasteiger charge is -2.25. The van der Waals surface area contributed by atoms with Gasteiger partial charge in [0.15, 0.2) is 5.69 Å². The fourth-order valence-electron chi connectivity index (χ4n) is 3.20. The Bertz CT molecular complexity index is 1210. The molecule has 0 unspecified atom stereocenters. The second-order valence-electron chi connectivity index (χ2n) is 7.00. The maximum atomic E-state index is 13.4. The minimum absolute atomic E-state index is 0.0926. The maximum absolute atomic E-state index is 13.4. The first-order valence-corrected chi connectivity index (χ1v) is 10.5. The molecule has 7 nitrogen and oxygen atoms in total. The molecule has 0 saturated carbocycles. The van der Waals surface area contributed by atoms with Crippen LogP contribution in [-0.2, 0) is 6.54 Å². The molecule has 0 fully saturated rings. The van der Waals surface area contributed by atoms with Crippen LogP contribution in [0.4, 0.5) is 11.5 Å². The molecular weight excluding hydrogens is 439 g/mol. The van der Waals surface area contributed by atoms with E-state index in [-0.39, 0.29) is 35.2 Å². The number of nitrogens with two attached hydrogens (primary N) is 1. The summed E-state index contributed by atoms with van der Waals surface area (Å²) < 4.78 is 1.23. The average Bonchev–Trinajstić information content (AvgIpc) is 2.75. The van der Waals surface area contributed by atoms with E-state index in [1.807, 2.05) is 37.3 Å². The van der Waals surface area contributed by atoms with Crippen molar-refractivity contribution in [3.05, 3.63) is 90.5 Å². The molecule has 9 heteroatoms. The van der Waals surface area contributed by atoms with Crippen LogP contribution in [0.5, 0.6) is 0 Å². The number of hydrogen-bond acceptors (Lipinski definition) is 4. The molecule has 31 heavy (non-hydrogen) atoms.